The second-order valence-corrected chi connectivity index (χ2v) is 5.91. The van der Waals surface area contributed by atoms with Crippen LogP contribution in [0.3, 0.4) is 0 Å². The molecular weight excluding hydrogens is 346 g/mol. The molecule has 0 heterocycles. The van der Waals surface area contributed by atoms with Gasteiger partial charge in [-0.2, -0.15) is 10.2 Å². The lowest BCUT2D eigenvalue weighted by Gasteiger charge is -2.10. The predicted octanol–water partition coefficient (Wildman–Crippen LogP) is 2.31. The largest absolute Gasteiger partial charge is 0.768 e. The van der Waals surface area contributed by atoms with Gasteiger partial charge in [0.2, 0.25) is 6.04 Å². The highest BCUT2D eigenvalue weighted by Gasteiger charge is 2.23. The number of benzene rings is 2. The molecule has 1 amide bonds. The van der Waals surface area contributed by atoms with Crippen LogP contribution in [0.1, 0.15) is 6.92 Å². The first kappa shape index (κ1) is 18.4. The van der Waals surface area contributed by atoms with E-state index in [4.69, 9.17) is 0 Å². The summed E-state index contributed by atoms with van der Waals surface area (Å²) in [5, 5.41) is 19.5. The van der Waals surface area contributed by atoms with Crippen LogP contribution in [0.15, 0.2) is 63.7 Å². The van der Waals surface area contributed by atoms with Gasteiger partial charge < -0.3 is 15.0 Å². The van der Waals surface area contributed by atoms with E-state index in [1.807, 2.05) is 0 Å². The van der Waals surface area contributed by atoms with Gasteiger partial charge in [-0.1, -0.05) is 18.2 Å². The fourth-order valence-electron chi connectivity index (χ4n) is 1.86. The Kier molecular flexibility index (Phi) is 6.09. The van der Waals surface area contributed by atoms with Crippen molar-refractivity contribution in [2.75, 3.05) is 5.32 Å². The van der Waals surface area contributed by atoms with E-state index in [0.29, 0.717) is 5.69 Å². The molecule has 25 heavy (non-hydrogen) atoms. The summed E-state index contributed by atoms with van der Waals surface area (Å²) in [5.74, 6) is -1.57. The van der Waals surface area contributed by atoms with Gasteiger partial charge in [-0.25, -0.2) is 0 Å². The molecule has 0 aliphatic rings. The van der Waals surface area contributed by atoms with Crippen LogP contribution in [0.4, 0.5) is 11.4 Å². The number of carbonyl (C=O) groups is 2. The van der Waals surface area contributed by atoms with Gasteiger partial charge in [-0.05, 0) is 48.3 Å². The van der Waals surface area contributed by atoms with Crippen LogP contribution in [0.5, 0.6) is 5.75 Å². The first-order valence-electron chi connectivity index (χ1n) is 7.08. The number of aromatic hydroxyl groups is 1. The number of hydrogen-bond donors (Lipinski definition) is 2. The minimum absolute atomic E-state index is 0.111. The van der Waals surface area contributed by atoms with E-state index >= 15 is 0 Å². The number of para-hydroxylation sites is 1. The second kappa shape index (κ2) is 8.27. The molecule has 0 aliphatic carbocycles. The number of phenolic OH excluding ortho intramolecular Hbond substituents is 1. The molecule has 130 valence electrons. The van der Waals surface area contributed by atoms with Crippen LogP contribution in [-0.4, -0.2) is 31.6 Å². The number of hydrogen-bond acceptors (Lipinski definition) is 7. The Labute approximate surface area is 145 Å². The quantitative estimate of drug-likeness (QED) is 0.463. The molecule has 8 nitrogen and oxygen atoms in total. The van der Waals surface area contributed by atoms with E-state index in [1.54, 1.807) is 30.3 Å². The topological polar surface area (TPSA) is 131 Å². The lowest BCUT2D eigenvalue weighted by Crippen LogP contribution is -2.31. The van der Waals surface area contributed by atoms with Gasteiger partial charge in [0, 0.05) is 10.6 Å². The molecule has 2 N–H and O–H groups in total. The number of azo groups is 1. The molecule has 0 radical (unpaired) electrons. The highest BCUT2D eigenvalue weighted by atomic mass is 32.2. The molecule has 2 unspecified atom stereocenters. The van der Waals surface area contributed by atoms with Crippen molar-refractivity contribution < 1.29 is 23.5 Å². The van der Waals surface area contributed by atoms with Crippen molar-refractivity contribution in [1.82, 2.24) is 0 Å². The van der Waals surface area contributed by atoms with E-state index in [2.05, 4.69) is 15.5 Å². The monoisotopic (exact) mass is 360 g/mol. The predicted molar refractivity (Wildman–Crippen MR) is 89.3 cm³/mol. The molecule has 0 saturated heterocycles. The van der Waals surface area contributed by atoms with Crippen molar-refractivity contribution in [3.63, 3.8) is 0 Å². The molecule has 0 saturated carbocycles. The third kappa shape index (κ3) is 5.03. The Bertz CT molecular complexity index is 839. The van der Waals surface area contributed by atoms with Gasteiger partial charge in [0.15, 0.2) is 5.78 Å². The van der Waals surface area contributed by atoms with Crippen LogP contribution in [0.25, 0.3) is 0 Å². The summed E-state index contributed by atoms with van der Waals surface area (Å²) in [7, 11) is 0. The molecular formula is C16H14N3O5S-. The SMILES string of the molecule is CC(=O)C(N=Nc1cc(S(=O)[O-])ccc1O)C(=O)Nc1ccccc1. The summed E-state index contributed by atoms with van der Waals surface area (Å²) in [6.07, 6.45) is 0. The fraction of sp³-hybridized carbons (Fsp3) is 0.125. The first-order chi connectivity index (χ1) is 11.9. The van der Waals surface area contributed by atoms with Crippen molar-refractivity contribution in [2.45, 2.75) is 17.9 Å². The molecule has 0 aliphatic heterocycles. The number of carbonyl (C=O) groups excluding carboxylic acids is 2. The van der Waals surface area contributed by atoms with Crippen LogP contribution in [0.2, 0.25) is 0 Å². The van der Waals surface area contributed by atoms with Gasteiger partial charge >= 0.3 is 0 Å². The van der Waals surface area contributed by atoms with Crippen LogP contribution in [-0.2, 0) is 20.7 Å². The van der Waals surface area contributed by atoms with Gasteiger partial charge in [0.25, 0.3) is 5.91 Å². The van der Waals surface area contributed by atoms with Crippen LogP contribution >= 0.6 is 0 Å². The zero-order valence-corrected chi connectivity index (χ0v) is 13.9. The van der Waals surface area contributed by atoms with Gasteiger partial charge in [-0.3, -0.25) is 13.8 Å². The summed E-state index contributed by atoms with van der Waals surface area (Å²) >= 11 is -2.51. The molecule has 2 rings (SSSR count). The van der Waals surface area contributed by atoms with E-state index < -0.39 is 28.8 Å². The third-order valence-corrected chi connectivity index (χ3v) is 3.73. The normalized spacial score (nSPS) is 13.4. The van der Waals surface area contributed by atoms with E-state index in [-0.39, 0.29) is 16.3 Å². The Hall–Kier alpha value is -2.91. The summed E-state index contributed by atoms with van der Waals surface area (Å²) in [4.78, 5) is 23.8. The molecule has 9 heteroatoms. The lowest BCUT2D eigenvalue weighted by atomic mass is 10.2. The molecule has 0 spiro atoms. The van der Waals surface area contributed by atoms with Crippen molar-refractivity contribution in [3.8, 4) is 5.75 Å². The molecule has 0 bridgehead atoms. The Morgan fingerprint density at radius 1 is 1.20 bits per heavy atom. The highest BCUT2D eigenvalue weighted by Crippen LogP contribution is 2.29. The molecule has 0 aromatic heterocycles. The first-order valence-corrected chi connectivity index (χ1v) is 8.15. The van der Waals surface area contributed by atoms with Crippen LogP contribution in [0, 0.1) is 0 Å². The number of anilines is 1. The van der Waals surface area contributed by atoms with Crippen LogP contribution < -0.4 is 5.32 Å². The van der Waals surface area contributed by atoms with Crippen molar-refractivity contribution in [2.24, 2.45) is 10.2 Å². The zero-order chi connectivity index (χ0) is 18.4. The Morgan fingerprint density at radius 3 is 2.48 bits per heavy atom. The van der Waals surface area contributed by atoms with Gasteiger partial charge in [0.1, 0.15) is 11.4 Å². The van der Waals surface area contributed by atoms with E-state index in [9.17, 15) is 23.5 Å². The number of rotatable bonds is 6. The maximum absolute atomic E-state index is 12.2. The number of phenols is 1. The molecule has 2 atom stereocenters. The maximum atomic E-state index is 12.2. The summed E-state index contributed by atoms with van der Waals surface area (Å²) in [6, 6.07) is 10.5. The molecule has 0 fully saturated rings. The molecule has 2 aromatic rings. The average molecular weight is 360 g/mol. The highest BCUT2D eigenvalue weighted by molar-refractivity contribution is 7.79. The summed E-state index contributed by atoms with van der Waals surface area (Å²) < 4.78 is 21.9. The van der Waals surface area contributed by atoms with Crippen molar-refractivity contribution in [1.29, 1.82) is 0 Å². The van der Waals surface area contributed by atoms with E-state index in [0.717, 1.165) is 12.1 Å². The van der Waals surface area contributed by atoms with E-state index in [1.165, 1.54) is 13.0 Å². The summed E-state index contributed by atoms with van der Waals surface area (Å²) in [5.41, 5.74) is 0.320. The average Bonchev–Trinajstić information content (AvgIpc) is 2.57. The number of ketones is 1. The number of nitrogens with zero attached hydrogens (tertiary/aromatic N) is 2. The third-order valence-electron chi connectivity index (χ3n) is 3.10. The Morgan fingerprint density at radius 2 is 1.88 bits per heavy atom. The number of Topliss-reactive ketones (excluding diaryl/α,β-unsaturated/α-hetero) is 1. The van der Waals surface area contributed by atoms with Gasteiger partial charge in [0.05, 0.1) is 0 Å². The standard InChI is InChI=1S/C16H15N3O5S/c1-10(20)15(16(22)17-11-5-3-2-4-6-11)19-18-13-9-12(25(23)24)7-8-14(13)21/h2-9,15,21H,1H3,(H,17,22)(H,23,24)/p-1. The number of nitrogens with one attached hydrogen (secondary N) is 1. The fourth-order valence-corrected chi connectivity index (χ4v) is 2.24. The number of amides is 1. The Balaban J connectivity index is 2.23. The minimum atomic E-state index is -2.51. The van der Waals surface area contributed by atoms with Crippen molar-refractivity contribution in [3.05, 3.63) is 48.5 Å². The summed E-state index contributed by atoms with van der Waals surface area (Å²) in [6.45, 7) is 1.18. The molecule has 2 aromatic carbocycles. The second-order valence-electron chi connectivity index (χ2n) is 4.97. The minimum Gasteiger partial charge on any atom is -0.768 e. The smallest absolute Gasteiger partial charge is 0.258 e. The van der Waals surface area contributed by atoms with Gasteiger partial charge in [-0.15, -0.1) is 0 Å². The lowest BCUT2D eigenvalue weighted by molar-refractivity contribution is -0.126. The zero-order valence-electron chi connectivity index (χ0n) is 13.1. The van der Waals surface area contributed by atoms with Crippen molar-refractivity contribution >= 4 is 34.1 Å². The maximum Gasteiger partial charge on any atom is 0.258 e.